The molecule has 1 saturated heterocycles. The molecular formula is C23H21F3N2O4. The van der Waals surface area contributed by atoms with E-state index in [4.69, 9.17) is 13.9 Å². The number of benzene rings is 2. The van der Waals surface area contributed by atoms with Gasteiger partial charge in [0.15, 0.2) is 11.3 Å². The third-order valence-corrected chi connectivity index (χ3v) is 5.15. The maximum Gasteiger partial charge on any atom is 0.418 e. The molecule has 168 valence electrons. The molecular weight excluding hydrogens is 425 g/mol. The lowest BCUT2D eigenvalue weighted by Crippen LogP contribution is -2.34. The Kier molecular flexibility index (Phi) is 6.18. The van der Waals surface area contributed by atoms with Crippen LogP contribution in [0.15, 0.2) is 57.9 Å². The van der Waals surface area contributed by atoms with Gasteiger partial charge in [-0.15, -0.1) is 0 Å². The van der Waals surface area contributed by atoms with E-state index in [0.29, 0.717) is 17.7 Å². The average Bonchev–Trinajstić information content (AvgIpc) is 3.30. The minimum absolute atomic E-state index is 0.0146. The maximum atomic E-state index is 13.5. The van der Waals surface area contributed by atoms with Crippen LogP contribution in [0, 0.1) is 0 Å². The summed E-state index contributed by atoms with van der Waals surface area (Å²) in [6.07, 6.45) is -2.96. The first kappa shape index (κ1) is 21.9. The van der Waals surface area contributed by atoms with Crippen LogP contribution in [0.1, 0.15) is 28.8 Å². The van der Waals surface area contributed by atoms with Crippen molar-refractivity contribution < 1.29 is 31.9 Å². The number of halogens is 3. The standard InChI is InChI=1S/C23H21F3N2O4/c1-30-19-10-4-6-14-12-16(21(29)27-13-15-7-5-11-31-15)22(32-20(14)19)28-18-9-3-2-8-17(18)23(24,25)26/h2-4,6,8-10,12,15H,5,7,11,13H2,1H3,(H,27,29)/t15-/m1/s1. The van der Waals surface area contributed by atoms with Gasteiger partial charge in [-0.3, -0.25) is 4.79 Å². The molecule has 1 aromatic heterocycles. The van der Waals surface area contributed by atoms with Crippen molar-refractivity contribution in [3.05, 3.63) is 65.2 Å². The molecule has 9 heteroatoms. The Labute approximate surface area is 181 Å². The topological polar surface area (TPSA) is 73.1 Å². The minimum Gasteiger partial charge on any atom is -0.493 e. The molecule has 1 aliphatic rings. The number of carbonyl (C=O) groups is 1. The largest absolute Gasteiger partial charge is 0.493 e. The molecule has 2 aromatic carbocycles. The summed E-state index contributed by atoms with van der Waals surface area (Å²) in [5.74, 6) is -0.147. The lowest BCUT2D eigenvalue weighted by atomic mass is 10.1. The van der Waals surface area contributed by atoms with Crippen LogP contribution in [0.4, 0.5) is 18.9 Å². The van der Waals surface area contributed by atoms with Crippen molar-refractivity contribution in [1.29, 1.82) is 0 Å². The Hall–Kier alpha value is -3.33. The predicted octanol–water partition coefficient (Wildman–Crippen LogP) is 4.60. The second-order valence-electron chi connectivity index (χ2n) is 7.32. The molecule has 1 amide bonds. The summed E-state index contributed by atoms with van der Waals surface area (Å²) in [5.41, 5.74) is -1.25. The van der Waals surface area contributed by atoms with Crippen LogP contribution < -0.4 is 15.6 Å². The number of hydrogen-bond donors (Lipinski definition) is 1. The fourth-order valence-corrected chi connectivity index (χ4v) is 3.56. The molecule has 0 aliphatic carbocycles. The van der Waals surface area contributed by atoms with Crippen molar-refractivity contribution in [2.24, 2.45) is 4.99 Å². The van der Waals surface area contributed by atoms with E-state index in [1.54, 1.807) is 18.2 Å². The predicted molar refractivity (Wildman–Crippen MR) is 111 cm³/mol. The normalized spacial score (nSPS) is 17.0. The van der Waals surface area contributed by atoms with E-state index < -0.39 is 17.6 Å². The summed E-state index contributed by atoms with van der Waals surface area (Å²) in [4.78, 5) is 17.1. The number of fused-ring (bicyclic) bond motifs is 1. The van der Waals surface area contributed by atoms with Crippen molar-refractivity contribution in [1.82, 2.24) is 5.32 Å². The Morgan fingerprint density at radius 1 is 1.22 bits per heavy atom. The van der Waals surface area contributed by atoms with E-state index in [1.807, 2.05) is 0 Å². The van der Waals surface area contributed by atoms with Crippen LogP contribution in [0.25, 0.3) is 11.0 Å². The number of rotatable bonds is 5. The average molecular weight is 446 g/mol. The molecule has 1 aliphatic heterocycles. The summed E-state index contributed by atoms with van der Waals surface area (Å²) in [6, 6.07) is 11.5. The highest BCUT2D eigenvalue weighted by molar-refractivity contribution is 5.97. The fourth-order valence-electron chi connectivity index (χ4n) is 3.56. The molecule has 2 heterocycles. The smallest absolute Gasteiger partial charge is 0.418 e. The molecule has 6 nitrogen and oxygen atoms in total. The zero-order chi connectivity index (χ0) is 22.7. The quantitative estimate of drug-likeness (QED) is 0.622. The second kappa shape index (κ2) is 9.04. The molecule has 0 bridgehead atoms. The maximum absolute atomic E-state index is 13.5. The van der Waals surface area contributed by atoms with Crippen molar-refractivity contribution in [2.45, 2.75) is 25.1 Å². The lowest BCUT2D eigenvalue weighted by Gasteiger charge is -2.12. The van der Waals surface area contributed by atoms with E-state index in [1.165, 1.54) is 31.4 Å². The van der Waals surface area contributed by atoms with Gasteiger partial charge in [-0.2, -0.15) is 13.2 Å². The summed E-state index contributed by atoms with van der Waals surface area (Å²) in [5, 5.41) is 3.32. The number of hydrogen-bond acceptors (Lipinski definition) is 5. The summed E-state index contributed by atoms with van der Waals surface area (Å²) >= 11 is 0. The zero-order valence-electron chi connectivity index (χ0n) is 17.2. The van der Waals surface area contributed by atoms with Gasteiger partial charge >= 0.3 is 6.18 Å². The Morgan fingerprint density at radius 3 is 2.75 bits per heavy atom. The molecule has 4 rings (SSSR count). The fraction of sp³-hybridized carbons (Fsp3) is 0.304. The summed E-state index contributed by atoms with van der Waals surface area (Å²) < 4.78 is 57.1. The van der Waals surface area contributed by atoms with Gasteiger partial charge in [-0.1, -0.05) is 24.3 Å². The molecule has 3 aromatic rings. The number of methoxy groups -OCH3 is 1. The van der Waals surface area contributed by atoms with Gasteiger partial charge in [0.2, 0.25) is 5.55 Å². The highest BCUT2D eigenvalue weighted by atomic mass is 19.4. The first-order valence-corrected chi connectivity index (χ1v) is 10.1. The molecule has 0 unspecified atom stereocenters. The van der Waals surface area contributed by atoms with Gasteiger partial charge in [0.25, 0.3) is 5.91 Å². The molecule has 32 heavy (non-hydrogen) atoms. The first-order valence-electron chi connectivity index (χ1n) is 10.1. The molecule has 1 fully saturated rings. The van der Waals surface area contributed by atoms with E-state index in [-0.39, 0.29) is 35.0 Å². The molecule has 1 atom stereocenters. The van der Waals surface area contributed by atoms with Gasteiger partial charge in [0.1, 0.15) is 5.56 Å². The van der Waals surface area contributed by atoms with E-state index in [2.05, 4.69) is 10.3 Å². The van der Waals surface area contributed by atoms with Gasteiger partial charge in [-0.25, -0.2) is 4.99 Å². The van der Waals surface area contributed by atoms with Crippen LogP contribution in [-0.2, 0) is 10.9 Å². The summed E-state index contributed by atoms with van der Waals surface area (Å²) in [6.45, 7) is 0.925. The Balaban J connectivity index is 1.85. The second-order valence-corrected chi connectivity index (χ2v) is 7.32. The van der Waals surface area contributed by atoms with Gasteiger partial charge < -0.3 is 19.2 Å². The van der Waals surface area contributed by atoms with Crippen molar-refractivity contribution >= 4 is 22.6 Å². The van der Waals surface area contributed by atoms with Gasteiger partial charge in [0, 0.05) is 18.5 Å². The van der Waals surface area contributed by atoms with E-state index in [0.717, 1.165) is 18.9 Å². The molecule has 0 saturated carbocycles. The molecule has 0 spiro atoms. The summed E-state index contributed by atoms with van der Waals surface area (Å²) in [7, 11) is 1.45. The van der Waals surface area contributed by atoms with E-state index >= 15 is 0 Å². The lowest BCUT2D eigenvalue weighted by molar-refractivity contribution is -0.137. The van der Waals surface area contributed by atoms with Crippen LogP contribution in [0.3, 0.4) is 0 Å². The minimum atomic E-state index is -4.61. The highest BCUT2D eigenvalue weighted by Crippen LogP contribution is 2.36. The van der Waals surface area contributed by atoms with Crippen LogP contribution in [0.2, 0.25) is 0 Å². The van der Waals surface area contributed by atoms with E-state index in [9.17, 15) is 18.0 Å². The zero-order valence-corrected chi connectivity index (χ0v) is 17.2. The van der Waals surface area contributed by atoms with Crippen LogP contribution in [-0.4, -0.2) is 32.3 Å². The van der Waals surface area contributed by atoms with Crippen molar-refractivity contribution in [3.8, 4) is 5.75 Å². The number of para-hydroxylation sites is 2. The van der Waals surface area contributed by atoms with Gasteiger partial charge in [-0.05, 0) is 37.1 Å². The van der Waals surface area contributed by atoms with Crippen LogP contribution >= 0.6 is 0 Å². The monoisotopic (exact) mass is 446 g/mol. The third kappa shape index (κ3) is 4.62. The number of carbonyl (C=O) groups excluding carboxylic acids is 1. The third-order valence-electron chi connectivity index (χ3n) is 5.15. The van der Waals surface area contributed by atoms with Crippen molar-refractivity contribution in [2.75, 3.05) is 20.3 Å². The highest BCUT2D eigenvalue weighted by Gasteiger charge is 2.33. The Morgan fingerprint density at radius 2 is 2.03 bits per heavy atom. The number of ether oxygens (including phenoxy) is 2. The van der Waals surface area contributed by atoms with Gasteiger partial charge in [0.05, 0.1) is 24.5 Å². The van der Waals surface area contributed by atoms with Crippen LogP contribution in [0.5, 0.6) is 5.75 Å². The number of nitrogens with one attached hydrogen (secondary N) is 1. The SMILES string of the molecule is COc1cccc2cc(C(=O)NC[C@H]3CCCO3)c(=Nc3ccccc3C(F)(F)F)oc12. The number of alkyl halides is 3. The van der Waals surface area contributed by atoms with Crippen molar-refractivity contribution in [3.63, 3.8) is 0 Å². The number of amides is 1. The Bertz CT molecular complexity index is 1200. The molecule has 0 radical (unpaired) electrons. The molecule has 1 N–H and O–H groups in total. The first-order chi connectivity index (χ1) is 15.4. The number of nitrogens with zero attached hydrogens (tertiary/aromatic N) is 1.